The van der Waals surface area contributed by atoms with Crippen LogP contribution in [0.1, 0.15) is 69.4 Å². The maximum atomic E-state index is 6.69. The Labute approximate surface area is 370 Å². The molecule has 0 aliphatic carbocycles. The lowest BCUT2D eigenvalue weighted by Gasteiger charge is -2.19. The van der Waals surface area contributed by atoms with Gasteiger partial charge in [0.2, 0.25) is 0 Å². The highest BCUT2D eigenvalue weighted by molar-refractivity contribution is 6.11. The van der Waals surface area contributed by atoms with Gasteiger partial charge in [-0.05, 0) is 76.1 Å². The zero-order valence-corrected chi connectivity index (χ0v) is 36.8. The minimum absolute atomic E-state index is 0.0192. The van der Waals surface area contributed by atoms with Crippen molar-refractivity contribution in [1.29, 1.82) is 0 Å². The van der Waals surface area contributed by atoms with Gasteiger partial charge in [0.1, 0.15) is 5.84 Å². The topological polar surface area (TPSA) is 81.5 Å². The molecule has 7 aromatic carbocycles. The van der Waals surface area contributed by atoms with Crippen LogP contribution in [0.15, 0.2) is 192 Å². The molecule has 9 rings (SSSR count). The van der Waals surface area contributed by atoms with Crippen molar-refractivity contribution < 1.29 is 0 Å². The average molecular weight is 821 g/mol. The molecule has 9 aromatic rings. The summed E-state index contributed by atoms with van der Waals surface area (Å²) >= 11 is 0. The standard InChI is InChI=1S/C57H52N6/c1-56(2,3)44-28-31-51-46(34-44)47-35-45(57(4,5)6)29-32-52(47)63(51)50-30-27-42(55-60-48(38-19-11-7-12-20-38)36-49(61-55)39-21-13-8-14-22-39)33-43(50)37-59-54(41-25-17-10-18-26-41)62-53(58)40-23-15-9-16-24-40/h7-36H,37H2,1-6H3,(H2,58,59,62). The van der Waals surface area contributed by atoms with Crippen LogP contribution in [-0.2, 0) is 17.4 Å². The average Bonchev–Trinajstić information content (AvgIpc) is 3.63. The second-order valence-corrected chi connectivity index (χ2v) is 18.2. The molecule has 0 amide bonds. The normalized spacial score (nSPS) is 12.6. The van der Waals surface area contributed by atoms with Crippen LogP contribution in [0, 0.1) is 0 Å². The van der Waals surface area contributed by atoms with E-state index in [1.165, 1.54) is 21.9 Å². The zero-order valence-electron chi connectivity index (χ0n) is 36.8. The first-order chi connectivity index (χ1) is 30.4. The van der Waals surface area contributed by atoms with E-state index in [2.05, 4.69) is 131 Å². The minimum Gasteiger partial charge on any atom is -0.383 e. The number of aromatic nitrogens is 3. The van der Waals surface area contributed by atoms with Gasteiger partial charge in [-0.1, -0.05) is 175 Å². The molecule has 2 heterocycles. The first kappa shape index (κ1) is 40.9. The molecule has 0 atom stereocenters. The van der Waals surface area contributed by atoms with Crippen molar-refractivity contribution in [2.24, 2.45) is 15.7 Å². The Balaban J connectivity index is 1.29. The third-order valence-corrected chi connectivity index (χ3v) is 11.7. The van der Waals surface area contributed by atoms with Gasteiger partial charge in [-0.3, -0.25) is 4.99 Å². The van der Waals surface area contributed by atoms with Crippen LogP contribution < -0.4 is 5.73 Å². The van der Waals surface area contributed by atoms with E-state index < -0.39 is 0 Å². The Morgan fingerprint density at radius 1 is 0.508 bits per heavy atom. The summed E-state index contributed by atoms with van der Waals surface area (Å²) < 4.78 is 2.40. The summed E-state index contributed by atoms with van der Waals surface area (Å²) in [4.78, 5) is 20.7. The number of nitrogens with zero attached hydrogens (tertiary/aromatic N) is 5. The quantitative estimate of drug-likeness (QED) is 0.122. The summed E-state index contributed by atoms with van der Waals surface area (Å²) in [7, 11) is 0. The molecule has 0 bridgehead atoms. The lowest BCUT2D eigenvalue weighted by atomic mass is 9.85. The van der Waals surface area contributed by atoms with Gasteiger partial charge < -0.3 is 10.3 Å². The number of amidine groups is 2. The van der Waals surface area contributed by atoms with Crippen LogP contribution in [-0.4, -0.2) is 26.2 Å². The van der Waals surface area contributed by atoms with Crippen molar-refractivity contribution in [3.63, 3.8) is 0 Å². The zero-order chi connectivity index (χ0) is 43.7. The lowest BCUT2D eigenvalue weighted by molar-refractivity contribution is 0.590. The third kappa shape index (κ3) is 8.58. The van der Waals surface area contributed by atoms with E-state index in [0.717, 1.165) is 61.5 Å². The summed E-state index contributed by atoms with van der Waals surface area (Å²) in [5, 5.41) is 2.44. The fourth-order valence-electron chi connectivity index (χ4n) is 8.10. The number of hydrogen-bond acceptors (Lipinski definition) is 3. The van der Waals surface area contributed by atoms with E-state index >= 15 is 0 Å². The maximum absolute atomic E-state index is 6.69. The second kappa shape index (κ2) is 16.8. The van der Waals surface area contributed by atoms with E-state index in [1.807, 2.05) is 97.1 Å². The van der Waals surface area contributed by atoms with E-state index in [9.17, 15) is 0 Å². The van der Waals surface area contributed by atoms with Crippen molar-refractivity contribution in [3.05, 3.63) is 210 Å². The van der Waals surface area contributed by atoms with Crippen LogP contribution in [0.4, 0.5) is 0 Å². The molecule has 0 fully saturated rings. The highest BCUT2D eigenvalue weighted by Gasteiger charge is 2.23. The Hall–Kier alpha value is -7.44. The smallest absolute Gasteiger partial charge is 0.160 e. The Morgan fingerprint density at radius 2 is 0.984 bits per heavy atom. The summed E-state index contributed by atoms with van der Waals surface area (Å²) in [5.41, 5.74) is 19.9. The van der Waals surface area contributed by atoms with Gasteiger partial charge in [-0.15, -0.1) is 0 Å². The molecule has 6 heteroatoms. The maximum Gasteiger partial charge on any atom is 0.160 e. The predicted octanol–water partition coefficient (Wildman–Crippen LogP) is 13.5. The van der Waals surface area contributed by atoms with Crippen LogP contribution in [0.3, 0.4) is 0 Å². The minimum atomic E-state index is -0.0192. The first-order valence-corrected chi connectivity index (χ1v) is 21.6. The van der Waals surface area contributed by atoms with Gasteiger partial charge in [0.15, 0.2) is 11.7 Å². The van der Waals surface area contributed by atoms with Gasteiger partial charge >= 0.3 is 0 Å². The van der Waals surface area contributed by atoms with E-state index in [4.69, 9.17) is 25.7 Å². The molecule has 2 aromatic heterocycles. The Bertz CT molecular complexity index is 3000. The summed E-state index contributed by atoms with van der Waals surface area (Å²) in [6.07, 6.45) is 0. The predicted molar refractivity (Wildman–Crippen MR) is 264 cm³/mol. The molecule has 63 heavy (non-hydrogen) atoms. The summed E-state index contributed by atoms with van der Waals surface area (Å²) in [6.45, 7) is 14.0. The summed E-state index contributed by atoms with van der Waals surface area (Å²) in [6, 6.07) is 63.0. The molecule has 0 radical (unpaired) electrons. The van der Waals surface area contributed by atoms with Gasteiger partial charge in [0.05, 0.1) is 34.7 Å². The van der Waals surface area contributed by atoms with Gasteiger partial charge in [-0.2, -0.15) is 0 Å². The SMILES string of the molecule is CC(C)(C)c1ccc2c(c1)c1cc(C(C)(C)C)ccc1n2-c1ccc(-c2nc(-c3ccccc3)cc(-c3ccccc3)n2)cc1C/N=C(\N=C(/N)c1ccccc1)c1ccccc1. The van der Waals surface area contributed by atoms with E-state index in [0.29, 0.717) is 24.0 Å². The molecule has 2 N–H and O–H groups in total. The third-order valence-electron chi connectivity index (χ3n) is 11.7. The number of fused-ring (bicyclic) bond motifs is 3. The van der Waals surface area contributed by atoms with E-state index in [-0.39, 0.29) is 10.8 Å². The van der Waals surface area contributed by atoms with Crippen molar-refractivity contribution in [2.45, 2.75) is 58.9 Å². The number of aliphatic imine (C=N–C) groups is 2. The first-order valence-electron chi connectivity index (χ1n) is 21.6. The van der Waals surface area contributed by atoms with Gasteiger partial charge in [-0.25, -0.2) is 15.0 Å². The second-order valence-electron chi connectivity index (χ2n) is 18.2. The largest absolute Gasteiger partial charge is 0.383 e. The van der Waals surface area contributed by atoms with Gasteiger partial charge in [0.25, 0.3) is 0 Å². The fraction of sp³-hybridized carbons (Fsp3) is 0.158. The molecule has 0 saturated heterocycles. The summed E-state index contributed by atoms with van der Waals surface area (Å²) in [5.74, 6) is 1.58. The van der Waals surface area contributed by atoms with Crippen LogP contribution in [0.5, 0.6) is 0 Å². The van der Waals surface area contributed by atoms with Crippen LogP contribution in [0.25, 0.3) is 61.4 Å². The molecule has 0 spiro atoms. The Morgan fingerprint density at radius 3 is 1.48 bits per heavy atom. The number of rotatable bonds is 8. The number of nitrogens with two attached hydrogens (primary N) is 1. The van der Waals surface area contributed by atoms with Crippen LogP contribution >= 0.6 is 0 Å². The molecular formula is C57H52N6. The van der Waals surface area contributed by atoms with Crippen molar-refractivity contribution in [3.8, 4) is 39.6 Å². The fourth-order valence-corrected chi connectivity index (χ4v) is 8.10. The van der Waals surface area contributed by atoms with Crippen LogP contribution in [0.2, 0.25) is 0 Å². The molecule has 0 aliphatic heterocycles. The van der Waals surface area contributed by atoms with Crippen molar-refractivity contribution in [2.75, 3.05) is 0 Å². The number of hydrogen-bond donors (Lipinski definition) is 1. The number of benzene rings is 7. The molecule has 6 nitrogen and oxygen atoms in total. The van der Waals surface area contributed by atoms with Crippen molar-refractivity contribution in [1.82, 2.24) is 14.5 Å². The lowest BCUT2D eigenvalue weighted by Crippen LogP contribution is -2.16. The molecule has 0 unspecified atom stereocenters. The monoisotopic (exact) mass is 820 g/mol. The molecule has 310 valence electrons. The Kier molecular flexibility index (Phi) is 10.9. The molecule has 0 aliphatic rings. The molecular weight excluding hydrogens is 769 g/mol. The highest BCUT2D eigenvalue weighted by atomic mass is 15.0. The van der Waals surface area contributed by atoms with Gasteiger partial charge in [0, 0.05) is 38.6 Å². The highest BCUT2D eigenvalue weighted by Crippen LogP contribution is 2.39. The van der Waals surface area contributed by atoms with E-state index in [1.54, 1.807) is 0 Å². The van der Waals surface area contributed by atoms with Crippen molar-refractivity contribution >= 4 is 33.5 Å². The molecule has 0 saturated carbocycles.